The molecule has 8 atom stereocenters. The molecule has 1 aliphatic heterocycles. The second kappa shape index (κ2) is 8.35. The summed E-state index contributed by atoms with van der Waals surface area (Å²) in [6.07, 6.45) is 17.6. The summed E-state index contributed by atoms with van der Waals surface area (Å²) in [5.74, 6) is 1.13. The van der Waals surface area contributed by atoms with Gasteiger partial charge in [-0.1, -0.05) is 70.6 Å². The van der Waals surface area contributed by atoms with Crippen molar-refractivity contribution in [3.63, 3.8) is 0 Å². The quantitative estimate of drug-likeness (QED) is 0.459. The first-order chi connectivity index (χ1) is 15.3. The molecular formula is C30H48O3. The third-order valence-corrected chi connectivity index (χ3v) is 11.3. The van der Waals surface area contributed by atoms with Gasteiger partial charge in [-0.3, -0.25) is 0 Å². The number of hydrogen-bond acceptors (Lipinski definition) is 3. The Labute approximate surface area is 202 Å². The van der Waals surface area contributed by atoms with E-state index in [9.17, 15) is 10.2 Å². The molecule has 0 aromatic carbocycles. The van der Waals surface area contributed by atoms with Gasteiger partial charge in [-0.2, -0.15) is 0 Å². The molecule has 4 aliphatic rings. The predicted octanol–water partition coefficient (Wildman–Crippen LogP) is 6.81. The highest BCUT2D eigenvalue weighted by Gasteiger charge is 2.71. The minimum atomic E-state index is -0.662. The summed E-state index contributed by atoms with van der Waals surface area (Å²) in [5.41, 5.74) is 1.51. The summed E-state index contributed by atoms with van der Waals surface area (Å²) in [4.78, 5) is 0. The third-order valence-electron chi connectivity index (χ3n) is 11.3. The van der Waals surface area contributed by atoms with E-state index in [0.717, 1.165) is 38.5 Å². The van der Waals surface area contributed by atoms with Gasteiger partial charge in [0.1, 0.15) is 0 Å². The largest absolute Gasteiger partial charge is 0.393 e. The fourth-order valence-corrected chi connectivity index (χ4v) is 9.37. The van der Waals surface area contributed by atoms with Crippen molar-refractivity contribution in [2.24, 2.45) is 38.9 Å². The maximum absolute atomic E-state index is 10.9. The second-order valence-corrected chi connectivity index (χ2v) is 13.4. The van der Waals surface area contributed by atoms with Crippen LogP contribution in [-0.2, 0) is 4.74 Å². The van der Waals surface area contributed by atoms with E-state index in [4.69, 9.17) is 4.74 Å². The SMILES string of the molecule is CC(C)=C/C=C/C=C/[C@@]1(C)CCC2[C@@]3(C)CCC(O)C(C)(C)C3CC[C@@]2(C)[C@@]12COC(O)C2. The molecule has 4 rings (SSSR count). The number of hydrogen-bond donors (Lipinski definition) is 2. The third kappa shape index (κ3) is 3.64. The van der Waals surface area contributed by atoms with Crippen LogP contribution in [0.1, 0.15) is 93.4 Å². The van der Waals surface area contributed by atoms with Gasteiger partial charge in [0.2, 0.25) is 0 Å². The number of aliphatic hydroxyl groups excluding tert-OH is 2. The van der Waals surface area contributed by atoms with Crippen molar-refractivity contribution in [2.45, 2.75) is 106 Å². The van der Waals surface area contributed by atoms with Crippen LogP contribution in [0, 0.1) is 38.9 Å². The minimum absolute atomic E-state index is 0.0159. The molecule has 0 aromatic rings. The molecule has 186 valence electrons. The molecule has 33 heavy (non-hydrogen) atoms. The van der Waals surface area contributed by atoms with E-state index in [1.807, 2.05) is 0 Å². The number of allylic oxidation sites excluding steroid dienone is 6. The molecule has 1 heterocycles. The lowest BCUT2D eigenvalue weighted by molar-refractivity contribution is -0.237. The van der Waals surface area contributed by atoms with Crippen molar-refractivity contribution < 1.29 is 14.9 Å². The number of ether oxygens (including phenoxy) is 1. The zero-order valence-corrected chi connectivity index (χ0v) is 22.2. The average molecular weight is 457 g/mol. The normalized spacial score (nSPS) is 49.4. The fourth-order valence-electron chi connectivity index (χ4n) is 9.37. The van der Waals surface area contributed by atoms with Crippen molar-refractivity contribution >= 4 is 0 Å². The van der Waals surface area contributed by atoms with Crippen molar-refractivity contribution in [3.8, 4) is 0 Å². The zero-order valence-electron chi connectivity index (χ0n) is 22.2. The lowest BCUT2D eigenvalue weighted by Crippen LogP contribution is -2.67. The van der Waals surface area contributed by atoms with E-state index in [-0.39, 0.29) is 33.2 Å². The summed E-state index contributed by atoms with van der Waals surface area (Å²) in [5, 5.41) is 21.5. The Kier molecular flexibility index (Phi) is 6.37. The van der Waals surface area contributed by atoms with E-state index < -0.39 is 6.29 Å². The van der Waals surface area contributed by atoms with Crippen LogP contribution < -0.4 is 0 Å². The highest BCUT2D eigenvalue weighted by molar-refractivity contribution is 5.25. The minimum Gasteiger partial charge on any atom is -0.393 e. The van der Waals surface area contributed by atoms with Crippen molar-refractivity contribution in [1.82, 2.24) is 0 Å². The Bertz CT molecular complexity index is 835. The maximum Gasteiger partial charge on any atom is 0.155 e. The Morgan fingerprint density at radius 3 is 2.18 bits per heavy atom. The van der Waals surface area contributed by atoms with Gasteiger partial charge in [0.15, 0.2) is 6.29 Å². The first-order valence-corrected chi connectivity index (χ1v) is 13.3. The van der Waals surface area contributed by atoms with Crippen molar-refractivity contribution in [1.29, 1.82) is 0 Å². The lowest BCUT2D eigenvalue weighted by atomic mass is 9.33. The summed E-state index contributed by atoms with van der Waals surface area (Å²) in [7, 11) is 0. The molecule has 3 aliphatic carbocycles. The van der Waals surface area contributed by atoms with Crippen LogP contribution in [0.5, 0.6) is 0 Å². The van der Waals surface area contributed by atoms with Crippen LogP contribution in [0.3, 0.4) is 0 Å². The number of aliphatic hydroxyl groups is 2. The molecule has 2 N–H and O–H groups in total. The second-order valence-electron chi connectivity index (χ2n) is 13.4. The molecule has 0 amide bonds. The Hall–Kier alpha value is -0.900. The zero-order chi connectivity index (χ0) is 24.3. The first kappa shape index (κ1) is 25.2. The predicted molar refractivity (Wildman–Crippen MR) is 136 cm³/mol. The average Bonchev–Trinajstić information content (AvgIpc) is 3.13. The van der Waals surface area contributed by atoms with E-state index >= 15 is 0 Å². The molecule has 4 fully saturated rings. The molecule has 3 heteroatoms. The van der Waals surface area contributed by atoms with Gasteiger partial charge >= 0.3 is 0 Å². The van der Waals surface area contributed by atoms with Crippen molar-refractivity contribution in [3.05, 3.63) is 36.0 Å². The molecular weight excluding hydrogens is 408 g/mol. The van der Waals surface area contributed by atoms with Crippen LogP contribution >= 0.6 is 0 Å². The lowest BCUT2D eigenvalue weighted by Gasteiger charge is -2.71. The molecule has 1 spiro atoms. The van der Waals surface area contributed by atoms with E-state index in [1.54, 1.807) is 0 Å². The molecule has 0 aromatic heterocycles. The molecule has 3 saturated carbocycles. The molecule has 1 saturated heterocycles. The molecule has 0 radical (unpaired) electrons. The Morgan fingerprint density at radius 2 is 1.55 bits per heavy atom. The first-order valence-electron chi connectivity index (χ1n) is 13.3. The number of fused-ring (bicyclic) bond motifs is 4. The molecule has 0 bridgehead atoms. The smallest absolute Gasteiger partial charge is 0.155 e. The van der Waals surface area contributed by atoms with Gasteiger partial charge < -0.3 is 14.9 Å². The van der Waals surface area contributed by atoms with Crippen molar-refractivity contribution in [2.75, 3.05) is 6.61 Å². The Morgan fingerprint density at radius 1 is 0.848 bits per heavy atom. The molecule has 4 unspecified atom stereocenters. The monoisotopic (exact) mass is 456 g/mol. The van der Waals surface area contributed by atoms with Gasteiger partial charge in [-0.25, -0.2) is 0 Å². The van der Waals surface area contributed by atoms with Gasteiger partial charge in [-0.15, -0.1) is 0 Å². The maximum atomic E-state index is 10.9. The van der Waals surface area contributed by atoms with Gasteiger partial charge in [0, 0.05) is 11.8 Å². The van der Waals surface area contributed by atoms with E-state index in [2.05, 4.69) is 78.8 Å². The summed E-state index contributed by atoms with van der Waals surface area (Å²) in [6.45, 7) is 17.0. The van der Waals surface area contributed by atoms with Crippen LogP contribution in [-0.4, -0.2) is 29.2 Å². The summed E-state index contributed by atoms with van der Waals surface area (Å²) in [6, 6.07) is 0. The molecule has 3 nitrogen and oxygen atoms in total. The highest BCUT2D eigenvalue weighted by Crippen LogP contribution is 2.76. The topological polar surface area (TPSA) is 49.7 Å². The van der Waals surface area contributed by atoms with Gasteiger partial charge in [0.25, 0.3) is 0 Å². The summed E-state index contributed by atoms with van der Waals surface area (Å²) >= 11 is 0. The standard InChI is InChI=1S/C30H48O3/c1-21(2)11-9-8-10-15-27(5)16-12-23-28(6)17-14-24(31)26(3,4)22(28)13-18-29(23,7)30(27)19-25(32)33-20-30/h8-11,15,22-25,31-32H,12-14,16-20H2,1-7H3/b9-8+,15-10+/t22?,23?,24?,25?,27-,28-,29+,30-/m0/s1. The van der Waals surface area contributed by atoms with Crippen LogP contribution in [0.2, 0.25) is 0 Å². The Balaban J connectivity index is 1.74. The van der Waals surface area contributed by atoms with E-state index in [1.165, 1.54) is 12.0 Å². The summed E-state index contributed by atoms with van der Waals surface area (Å²) < 4.78 is 6.00. The van der Waals surface area contributed by atoms with Crippen LogP contribution in [0.4, 0.5) is 0 Å². The van der Waals surface area contributed by atoms with Gasteiger partial charge in [-0.05, 0) is 85.9 Å². The van der Waals surface area contributed by atoms with E-state index in [0.29, 0.717) is 18.4 Å². The highest BCUT2D eigenvalue weighted by atomic mass is 16.6. The van der Waals surface area contributed by atoms with Crippen LogP contribution in [0.25, 0.3) is 0 Å². The number of rotatable bonds is 3. The van der Waals surface area contributed by atoms with Crippen LogP contribution in [0.15, 0.2) is 36.0 Å². The fraction of sp³-hybridized carbons (Fsp3) is 0.800. The van der Waals surface area contributed by atoms with Gasteiger partial charge in [0.05, 0.1) is 12.7 Å².